The van der Waals surface area contributed by atoms with Gasteiger partial charge < -0.3 is 19.9 Å². The highest BCUT2D eigenvalue weighted by atomic mass is 16.5. The predicted molar refractivity (Wildman–Crippen MR) is 92.2 cm³/mol. The van der Waals surface area contributed by atoms with Crippen molar-refractivity contribution in [1.82, 2.24) is 19.9 Å². The average molecular weight is 343 g/mol. The lowest BCUT2D eigenvalue weighted by atomic mass is 10.0. The summed E-state index contributed by atoms with van der Waals surface area (Å²) >= 11 is 0. The monoisotopic (exact) mass is 343 g/mol. The minimum atomic E-state index is -0.203. The van der Waals surface area contributed by atoms with E-state index < -0.39 is 0 Å². The highest BCUT2D eigenvalue weighted by Crippen LogP contribution is 2.13. The Morgan fingerprint density at radius 1 is 1.36 bits per heavy atom. The second-order valence-corrected chi connectivity index (χ2v) is 5.94. The van der Waals surface area contributed by atoms with Crippen LogP contribution in [0.15, 0.2) is 41.5 Å². The molecule has 0 saturated carbocycles. The van der Waals surface area contributed by atoms with Gasteiger partial charge in [-0.3, -0.25) is 9.59 Å². The van der Waals surface area contributed by atoms with E-state index in [-0.39, 0.29) is 30.1 Å². The summed E-state index contributed by atoms with van der Waals surface area (Å²) in [5.74, 6) is 1.16. The maximum Gasteiger partial charge on any atom is 0.250 e. The Bertz CT molecular complexity index is 792. The first-order chi connectivity index (χ1) is 12.1. The minimum Gasteiger partial charge on any atom is -0.379 e. The molecule has 1 saturated heterocycles. The van der Waals surface area contributed by atoms with Gasteiger partial charge in [-0.1, -0.05) is 6.07 Å². The molecule has 132 valence electrons. The molecule has 0 aromatic carbocycles. The van der Waals surface area contributed by atoms with Crippen LogP contribution in [0.1, 0.15) is 12.2 Å². The van der Waals surface area contributed by atoms with Crippen LogP contribution in [0.4, 0.5) is 5.82 Å². The van der Waals surface area contributed by atoms with E-state index in [0.717, 1.165) is 0 Å². The van der Waals surface area contributed by atoms with Crippen molar-refractivity contribution in [3.8, 4) is 0 Å². The SMILES string of the molecule is Cc1nccc(N[C@@H]2COCC[C@@H]2NC(=O)Cn2ccccc2=O)n1. The Hall–Kier alpha value is -2.74. The van der Waals surface area contributed by atoms with Gasteiger partial charge in [0.1, 0.15) is 18.2 Å². The van der Waals surface area contributed by atoms with Crippen LogP contribution in [0.2, 0.25) is 0 Å². The van der Waals surface area contributed by atoms with E-state index in [1.54, 1.807) is 30.6 Å². The second kappa shape index (κ2) is 7.89. The molecule has 3 rings (SSSR count). The summed E-state index contributed by atoms with van der Waals surface area (Å²) in [5.41, 5.74) is -0.198. The Balaban J connectivity index is 1.63. The Labute approximate surface area is 145 Å². The van der Waals surface area contributed by atoms with Crippen LogP contribution in [0.5, 0.6) is 0 Å². The van der Waals surface area contributed by atoms with Crippen LogP contribution in [0.25, 0.3) is 0 Å². The third-order valence-corrected chi connectivity index (χ3v) is 4.02. The fourth-order valence-corrected chi connectivity index (χ4v) is 2.78. The molecule has 2 atom stereocenters. The van der Waals surface area contributed by atoms with Crippen molar-refractivity contribution in [2.75, 3.05) is 18.5 Å². The molecule has 1 fully saturated rings. The number of nitrogens with zero attached hydrogens (tertiary/aromatic N) is 3. The number of aromatic nitrogens is 3. The van der Waals surface area contributed by atoms with E-state index in [2.05, 4.69) is 20.6 Å². The molecular formula is C17H21N5O3. The molecule has 2 aromatic heterocycles. The minimum absolute atomic E-state index is 0.00361. The zero-order valence-corrected chi connectivity index (χ0v) is 14.0. The van der Waals surface area contributed by atoms with Crippen LogP contribution >= 0.6 is 0 Å². The van der Waals surface area contributed by atoms with Gasteiger partial charge in [-0.2, -0.15) is 0 Å². The van der Waals surface area contributed by atoms with E-state index in [1.165, 1.54) is 10.6 Å². The number of anilines is 1. The maximum atomic E-state index is 12.3. The molecule has 2 aromatic rings. The quantitative estimate of drug-likeness (QED) is 0.812. The van der Waals surface area contributed by atoms with Gasteiger partial charge >= 0.3 is 0 Å². The summed E-state index contributed by atoms with van der Waals surface area (Å²) in [6, 6.07) is 6.40. The smallest absolute Gasteiger partial charge is 0.250 e. The molecule has 8 nitrogen and oxygen atoms in total. The summed E-state index contributed by atoms with van der Waals surface area (Å²) in [7, 11) is 0. The van der Waals surface area contributed by atoms with Gasteiger partial charge in [0.05, 0.1) is 18.7 Å². The zero-order chi connectivity index (χ0) is 17.6. The van der Waals surface area contributed by atoms with E-state index in [4.69, 9.17) is 4.74 Å². The van der Waals surface area contributed by atoms with E-state index in [9.17, 15) is 9.59 Å². The van der Waals surface area contributed by atoms with Crippen molar-refractivity contribution in [3.05, 3.63) is 52.8 Å². The third kappa shape index (κ3) is 4.63. The van der Waals surface area contributed by atoms with Gasteiger partial charge in [0.2, 0.25) is 5.91 Å². The topological polar surface area (TPSA) is 98.1 Å². The molecule has 25 heavy (non-hydrogen) atoms. The summed E-state index contributed by atoms with van der Waals surface area (Å²) in [6.45, 7) is 2.87. The van der Waals surface area contributed by atoms with Gasteiger partial charge in [0.15, 0.2) is 0 Å². The van der Waals surface area contributed by atoms with Crippen molar-refractivity contribution >= 4 is 11.7 Å². The van der Waals surface area contributed by atoms with Crippen LogP contribution in [-0.2, 0) is 16.1 Å². The maximum absolute atomic E-state index is 12.3. The number of hydrogen-bond acceptors (Lipinski definition) is 6. The molecule has 0 unspecified atom stereocenters. The van der Waals surface area contributed by atoms with Crippen LogP contribution in [0, 0.1) is 6.92 Å². The van der Waals surface area contributed by atoms with Gasteiger partial charge in [-0.25, -0.2) is 9.97 Å². The van der Waals surface area contributed by atoms with Crippen molar-refractivity contribution < 1.29 is 9.53 Å². The number of aryl methyl sites for hydroxylation is 1. The van der Waals surface area contributed by atoms with Crippen LogP contribution in [0.3, 0.4) is 0 Å². The Kier molecular flexibility index (Phi) is 5.39. The molecule has 2 N–H and O–H groups in total. The predicted octanol–water partition coefficient (Wildman–Crippen LogP) is 0.333. The largest absolute Gasteiger partial charge is 0.379 e. The molecule has 3 heterocycles. The molecule has 8 heteroatoms. The van der Waals surface area contributed by atoms with Gasteiger partial charge in [-0.05, 0) is 25.5 Å². The number of pyridine rings is 1. The van der Waals surface area contributed by atoms with E-state index in [1.807, 2.05) is 6.92 Å². The van der Waals surface area contributed by atoms with Crippen LogP contribution < -0.4 is 16.2 Å². The number of nitrogens with one attached hydrogen (secondary N) is 2. The van der Waals surface area contributed by atoms with Gasteiger partial charge in [-0.15, -0.1) is 0 Å². The lowest BCUT2D eigenvalue weighted by Crippen LogP contribution is -2.53. The number of ether oxygens (including phenoxy) is 1. The number of amides is 1. The number of rotatable bonds is 5. The third-order valence-electron chi connectivity index (χ3n) is 4.02. The molecule has 0 bridgehead atoms. The second-order valence-electron chi connectivity index (χ2n) is 5.94. The van der Waals surface area contributed by atoms with Crippen molar-refractivity contribution in [2.45, 2.75) is 32.0 Å². The Morgan fingerprint density at radius 2 is 2.24 bits per heavy atom. The summed E-state index contributed by atoms with van der Waals surface area (Å²) in [6.07, 6.45) is 3.98. The summed E-state index contributed by atoms with van der Waals surface area (Å²) in [5, 5.41) is 6.29. The van der Waals surface area contributed by atoms with E-state index in [0.29, 0.717) is 31.3 Å². The number of hydrogen-bond donors (Lipinski definition) is 2. The number of carbonyl (C=O) groups excluding carboxylic acids is 1. The lowest BCUT2D eigenvalue weighted by molar-refractivity contribution is -0.123. The first-order valence-corrected chi connectivity index (χ1v) is 8.20. The molecular weight excluding hydrogens is 322 g/mol. The molecule has 0 aliphatic carbocycles. The highest BCUT2D eigenvalue weighted by Gasteiger charge is 2.27. The van der Waals surface area contributed by atoms with Gasteiger partial charge in [0.25, 0.3) is 5.56 Å². The molecule has 0 radical (unpaired) electrons. The fourth-order valence-electron chi connectivity index (χ4n) is 2.78. The Morgan fingerprint density at radius 3 is 3.04 bits per heavy atom. The zero-order valence-electron chi connectivity index (χ0n) is 14.0. The summed E-state index contributed by atoms with van der Waals surface area (Å²) in [4.78, 5) is 32.4. The molecule has 1 aliphatic rings. The lowest BCUT2D eigenvalue weighted by Gasteiger charge is -2.33. The first kappa shape index (κ1) is 17.1. The van der Waals surface area contributed by atoms with Crippen molar-refractivity contribution in [2.24, 2.45) is 0 Å². The first-order valence-electron chi connectivity index (χ1n) is 8.20. The molecule has 1 aliphatic heterocycles. The standard InChI is InChI=1S/C17H21N5O3/c1-12-18-7-5-15(19-12)20-14-11-25-9-6-13(14)21-16(23)10-22-8-3-2-4-17(22)24/h2-5,7-8,13-14H,6,9-11H2,1H3,(H,21,23)(H,18,19,20)/t13-,14+/m0/s1. The fraction of sp³-hybridized carbons (Fsp3) is 0.412. The van der Waals surface area contributed by atoms with Gasteiger partial charge in [0, 0.05) is 25.1 Å². The van der Waals surface area contributed by atoms with Crippen molar-refractivity contribution in [1.29, 1.82) is 0 Å². The summed E-state index contributed by atoms with van der Waals surface area (Å²) < 4.78 is 6.90. The highest BCUT2D eigenvalue weighted by molar-refractivity contribution is 5.76. The molecule has 1 amide bonds. The van der Waals surface area contributed by atoms with Crippen LogP contribution in [-0.4, -0.2) is 45.7 Å². The number of carbonyl (C=O) groups is 1. The molecule has 0 spiro atoms. The normalized spacial score (nSPS) is 20.0. The average Bonchev–Trinajstić information content (AvgIpc) is 2.59. The van der Waals surface area contributed by atoms with Crippen molar-refractivity contribution in [3.63, 3.8) is 0 Å². The van der Waals surface area contributed by atoms with E-state index >= 15 is 0 Å².